The highest BCUT2D eigenvalue weighted by molar-refractivity contribution is 6.34. The Balaban J connectivity index is 1.06. The highest BCUT2D eigenvalue weighted by atomic mass is 15.0. The first-order valence-corrected chi connectivity index (χ1v) is 21.8. The molecule has 1 heterocycles. The summed E-state index contributed by atoms with van der Waals surface area (Å²) in [4.78, 5) is 0. The lowest BCUT2D eigenvalue weighted by atomic mass is 9.80. The molecule has 62 heavy (non-hydrogen) atoms. The van der Waals surface area contributed by atoms with E-state index in [9.17, 15) is 0 Å². The predicted octanol–water partition coefficient (Wildman–Crippen LogP) is 16.8. The third-order valence-electron chi connectivity index (χ3n) is 14.5. The van der Waals surface area contributed by atoms with Gasteiger partial charge in [-0.25, -0.2) is 0 Å². The van der Waals surface area contributed by atoms with E-state index in [2.05, 4.69) is 219 Å². The summed E-state index contributed by atoms with van der Waals surface area (Å²) in [6.07, 6.45) is 0. The largest absolute Gasteiger partial charge is 0.309 e. The SMILES string of the molecule is CC1(C)c2cc3c(cc2-c2cc4c5ccccc5n(-c5ccccc5)c4cc21)c1ccccc1c1cc(-c2ccc4c5ccccc5c5ccccc5c4c2)c2ccccc2c31. The average molecular weight is 786 g/mol. The molecule has 14 rings (SSSR count). The monoisotopic (exact) mass is 785 g/mol. The van der Waals surface area contributed by atoms with Crippen molar-refractivity contribution in [2.75, 3.05) is 0 Å². The van der Waals surface area contributed by atoms with Crippen molar-refractivity contribution in [1.29, 1.82) is 0 Å². The minimum atomic E-state index is -0.212. The normalized spacial score (nSPS) is 13.5. The van der Waals surface area contributed by atoms with Gasteiger partial charge >= 0.3 is 0 Å². The Labute approximate surface area is 358 Å². The van der Waals surface area contributed by atoms with Gasteiger partial charge in [0.2, 0.25) is 0 Å². The van der Waals surface area contributed by atoms with Crippen LogP contribution in [0.2, 0.25) is 0 Å². The van der Waals surface area contributed by atoms with Crippen molar-refractivity contribution in [3.8, 4) is 27.9 Å². The molecule has 0 atom stereocenters. The van der Waals surface area contributed by atoms with Gasteiger partial charge in [0.05, 0.1) is 11.0 Å². The van der Waals surface area contributed by atoms with E-state index in [0.717, 1.165) is 0 Å². The number of fused-ring (bicyclic) bond motifs is 20. The fourth-order valence-corrected chi connectivity index (χ4v) is 11.7. The van der Waals surface area contributed by atoms with Crippen LogP contribution in [-0.2, 0) is 5.41 Å². The number of benzene rings is 12. The molecule has 0 saturated heterocycles. The third kappa shape index (κ3) is 4.42. The number of hydrogen-bond donors (Lipinski definition) is 0. The Bertz CT molecular complexity index is 4070. The maximum Gasteiger partial charge on any atom is 0.0544 e. The van der Waals surface area contributed by atoms with Gasteiger partial charge in [-0.3, -0.25) is 0 Å². The molecule has 0 fully saturated rings. The summed E-state index contributed by atoms with van der Waals surface area (Å²) in [5, 5.41) is 20.8. The Kier molecular flexibility index (Phi) is 6.69. The molecule has 0 saturated carbocycles. The summed E-state index contributed by atoms with van der Waals surface area (Å²) in [5.74, 6) is 0. The Hall–Kier alpha value is -7.74. The maximum atomic E-state index is 2.56. The molecule has 13 aromatic rings. The molecule has 1 aliphatic rings. The molecule has 1 aromatic heterocycles. The zero-order valence-corrected chi connectivity index (χ0v) is 34.5. The van der Waals surface area contributed by atoms with Gasteiger partial charge in [-0.05, 0) is 163 Å². The van der Waals surface area contributed by atoms with Crippen molar-refractivity contribution in [2.45, 2.75) is 19.3 Å². The van der Waals surface area contributed by atoms with Gasteiger partial charge in [0.25, 0.3) is 0 Å². The molecule has 0 unspecified atom stereocenters. The van der Waals surface area contributed by atoms with Crippen LogP contribution in [0.5, 0.6) is 0 Å². The predicted molar refractivity (Wildman–Crippen MR) is 266 cm³/mol. The Morgan fingerprint density at radius 2 is 0.742 bits per heavy atom. The second-order valence-corrected chi connectivity index (χ2v) is 18.0. The molecule has 12 aromatic carbocycles. The molecule has 1 heteroatoms. The first kappa shape index (κ1) is 34.0. The molecular weight excluding hydrogens is 747 g/mol. The van der Waals surface area contributed by atoms with Crippen LogP contribution >= 0.6 is 0 Å². The van der Waals surface area contributed by atoms with Crippen LogP contribution in [0.25, 0.3) is 125 Å². The van der Waals surface area contributed by atoms with E-state index in [4.69, 9.17) is 0 Å². The lowest BCUT2D eigenvalue weighted by molar-refractivity contribution is 0.662. The summed E-state index contributed by atoms with van der Waals surface area (Å²) in [7, 11) is 0. The van der Waals surface area contributed by atoms with Crippen LogP contribution in [0.4, 0.5) is 0 Å². The van der Waals surface area contributed by atoms with Crippen molar-refractivity contribution < 1.29 is 0 Å². The highest BCUT2D eigenvalue weighted by Crippen LogP contribution is 2.54. The number of nitrogens with zero attached hydrogens (tertiary/aromatic N) is 1. The van der Waals surface area contributed by atoms with E-state index in [1.54, 1.807) is 0 Å². The van der Waals surface area contributed by atoms with Gasteiger partial charge in [-0.2, -0.15) is 0 Å². The molecule has 0 N–H and O–H groups in total. The standard InChI is InChI=1S/C61H39N/c1-61(2)56-34-55-50(32-51(56)52-33-53-46-25-14-15-27-58(46)62(59(53)35-57(52)61)37-16-4-3-5-17-37)42-22-10-11-23-43(42)54-31-48(44-24-12-13-26-47(44)60(54)55)36-28-29-45-40-20-7-6-18-38(40)39-19-8-9-21-41(39)49(45)30-36/h3-35H,1-2H3. The maximum absolute atomic E-state index is 2.56. The van der Waals surface area contributed by atoms with Crippen molar-refractivity contribution in [1.82, 2.24) is 4.57 Å². The lowest BCUT2D eigenvalue weighted by Gasteiger charge is -2.23. The van der Waals surface area contributed by atoms with Crippen LogP contribution < -0.4 is 0 Å². The Morgan fingerprint density at radius 1 is 0.290 bits per heavy atom. The number of para-hydroxylation sites is 2. The first-order valence-electron chi connectivity index (χ1n) is 21.8. The molecule has 288 valence electrons. The fourth-order valence-electron chi connectivity index (χ4n) is 11.7. The van der Waals surface area contributed by atoms with Crippen LogP contribution in [0.15, 0.2) is 200 Å². The number of rotatable bonds is 2. The summed E-state index contributed by atoms with van der Waals surface area (Å²) in [6, 6.07) is 75.4. The summed E-state index contributed by atoms with van der Waals surface area (Å²) >= 11 is 0. The molecule has 0 amide bonds. The van der Waals surface area contributed by atoms with Crippen LogP contribution in [0.1, 0.15) is 25.0 Å². The van der Waals surface area contributed by atoms with Crippen molar-refractivity contribution in [2.24, 2.45) is 0 Å². The van der Waals surface area contributed by atoms with E-state index < -0.39 is 0 Å². The van der Waals surface area contributed by atoms with Gasteiger partial charge < -0.3 is 4.57 Å². The molecule has 1 nitrogen and oxygen atoms in total. The molecular formula is C61H39N. The van der Waals surface area contributed by atoms with E-state index >= 15 is 0 Å². The quantitative estimate of drug-likeness (QED) is 0.154. The number of aromatic nitrogens is 1. The molecule has 1 aliphatic carbocycles. The van der Waals surface area contributed by atoms with Crippen molar-refractivity contribution >= 4 is 97.2 Å². The van der Waals surface area contributed by atoms with Gasteiger partial charge in [0, 0.05) is 21.9 Å². The minimum absolute atomic E-state index is 0.212. The smallest absolute Gasteiger partial charge is 0.0544 e. The van der Waals surface area contributed by atoms with E-state index in [1.807, 2.05) is 0 Å². The van der Waals surface area contributed by atoms with Gasteiger partial charge in [0.1, 0.15) is 0 Å². The van der Waals surface area contributed by atoms with Crippen LogP contribution in [0.3, 0.4) is 0 Å². The van der Waals surface area contributed by atoms with E-state index in [-0.39, 0.29) is 5.41 Å². The summed E-state index contributed by atoms with van der Waals surface area (Å²) in [5.41, 5.74) is 11.4. The molecule has 0 bridgehead atoms. The third-order valence-corrected chi connectivity index (χ3v) is 14.5. The molecule has 0 radical (unpaired) electrons. The summed E-state index contributed by atoms with van der Waals surface area (Å²) < 4.78 is 2.45. The first-order chi connectivity index (χ1) is 30.5. The zero-order valence-electron chi connectivity index (χ0n) is 34.5. The van der Waals surface area contributed by atoms with E-state index in [0.29, 0.717) is 0 Å². The second-order valence-electron chi connectivity index (χ2n) is 18.0. The Morgan fingerprint density at radius 3 is 1.40 bits per heavy atom. The van der Waals surface area contributed by atoms with Crippen LogP contribution in [-0.4, -0.2) is 4.57 Å². The minimum Gasteiger partial charge on any atom is -0.309 e. The number of hydrogen-bond acceptors (Lipinski definition) is 0. The van der Waals surface area contributed by atoms with Crippen LogP contribution in [0, 0.1) is 0 Å². The van der Waals surface area contributed by atoms with Crippen molar-refractivity contribution in [3.05, 3.63) is 211 Å². The van der Waals surface area contributed by atoms with Crippen molar-refractivity contribution in [3.63, 3.8) is 0 Å². The summed E-state index contributed by atoms with van der Waals surface area (Å²) in [6.45, 7) is 4.86. The molecule has 0 spiro atoms. The van der Waals surface area contributed by atoms with Gasteiger partial charge in [-0.15, -0.1) is 0 Å². The molecule has 0 aliphatic heterocycles. The van der Waals surface area contributed by atoms with E-state index in [1.165, 1.54) is 136 Å². The lowest BCUT2D eigenvalue weighted by Crippen LogP contribution is -2.15. The zero-order chi connectivity index (χ0) is 40.8. The average Bonchev–Trinajstić information content (AvgIpc) is 3.77. The highest BCUT2D eigenvalue weighted by Gasteiger charge is 2.37. The topological polar surface area (TPSA) is 4.93 Å². The fraction of sp³-hybridized carbons (Fsp3) is 0.0492. The second kappa shape index (κ2) is 12.2. The van der Waals surface area contributed by atoms with Gasteiger partial charge in [-0.1, -0.05) is 159 Å². The van der Waals surface area contributed by atoms with Gasteiger partial charge in [0.15, 0.2) is 0 Å².